The molecule has 11 heteroatoms. The molecule has 1 aliphatic heterocycles. The standard InChI is InChI=1S/C24H22F3N5O3/c1-12-10-31(11-13(2)35-12)24(34)19-15(4-3-7-28-19)14-5-6-16-18(8-14)30-23(33)17-9-29-32(20(16)17)22(27)21(25)26/h3-9,12-13,21-22H,10-11H2,1-2H3,(H,30,33)/t12-,13+,22?. The summed E-state index contributed by atoms with van der Waals surface area (Å²) in [6, 6.07) is 8.30. The molecule has 4 heterocycles. The molecule has 3 atom stereocenters. The van der Waals surface area contributed by atoms with Gasteiger partial charge in [0.05, 0.1) is 34.8 Å². The number of ether oxygens (including phenoxy) is 1. The van der Waals surface area contributed by atoms with E-state index in [2.05, 4.69) is 15.1 Å². The Hall–Kier alpha value is -3.73. The molecule has 8 nitrogen and oxygen atoms in total. The number of nitrogens with zero attached hydrogens (tertiary/aromatic N) is 4. The second-order valence-corrected chi connectivity index (χ2v) is 8.64. The highest BCUT2D eigenvalue weighted by molar-refractivity contribution is 6.05. The third-order valence-electron chi connectivity index (χ3n) is 6.03. The number of aromatic nitrogens is 4. The molecule has 1 unspecified atom stereocenters. The first-order valence-electron chi connectivity index (χ1n) is 11.1. The third kappa shape index (κ3) is 4.05. The summed E-state index contributed by atoms with van der Waals surface area (Å²) in [5.41, 5.74) is 1.03. The van der Waals surface area contributed by atoms with E-state index in [1.54, 1.807) is 35.2 Å². The molecular weight excluding hydrogens is 463 g/mol. The number of halogens is 3. The second-order valence-electron chi connectivity index (χ2n) is 8.64. The van der Waals surface area contributed by atoms with Gasteiger partial charge >= 0.3 is 0 Å². The van der Waals surface area contributed by atoms with Crippen LogP contribution in [0.15, 0.2) is 47.5 Å². The van der Waals surface area contributed by atoms with E-state index in [1.165, 1.54) is 6.20 Å². The Balaban J connectivity index is 1.62. The zero-order chi connectivity index (χ0) is 24.9. The summed E-state index contributed by atoms with van der Waals surface area (Å²) in [6.45, 7) is 4.66. The molecule has 1 saturated heterocycles. The minimum Gasteiger partial charge on any atom is -0.372 e. The fourth-order valence-corrected chi connectivity index (χ4v) is 4.60. The number of fused-ring (bicyclic) bond motifs is 3. The fraction of sp³-hybridized carbons (Fsp3) is 0.333. The Kier molecular flexibility index (Phi) is 5.79. The van der Waals surface area contributed by atoms with Crippen molar-refractivity contribution >= 4 is 27.7 Å². The first kappa shape index (κ1) is 23.0. The van der Waals surface area contributed by atoms with Gasteiger partial charge in [-0.15, -0.1) is 0 Å². The van der Waals surface area contributed by atoms with Crippen LogP contribution >= 0.6 is 0 Å². The first-order valence-corrected chi connectivity index (χ1v) is 11.1. The number of rotatable bonds is 4. The highest BCUT2D eigenvalue weighted by Gasteiger charge is 2.29. The van der Waals surface area contributed by atoms with Gasteiger partial charge in [0.1, 0.15) is 5.69 Å². The van der Waals surface area contributed by atoms with Gasteiger partial charge < -0.3 is 14.6 Å². The van der Waals surface area contributed by atoms with Crippen LogP contribution in [0.5, 0.6) is 0 Å². The van der Waals surface area contributed by atoms with Crippen LogP contribution in [0.25, 0.3) is 32.9 Å². The van der Waals surface area contributed by atoms with Gasteiger partial charge in [-0.25, -0.2) is 17.9 Å². The number of alkyl halides is 3. The van der Waals surface area contributed by atoms with Crippen LogP contribution in [0.2, 0.25) is 0 Å². The summed E-state index contributed by atoms with van der Waals surface area (Å²) >= 11 is 0. The quantitative estimate of drug-likeness (QED) is 0.473. The average molecular weight is 485 g/mol. The lowest BCUT2D eigenvalue weighted by Crippen LogP contribution is -2.48. The van der Waals surface area contributed by atoms with Crippen molar-refractivity contribution in [3.63, 3.8) is 0 Å². The summed E-state index contributed by atoms with van der Waals surface area (Å²) in [6.07, 6.45) is -3.63. The van der Waals surface area contributed by atoms with Crippen LogP contribution in [-0.2, 0) is 4.74 Å². The van der Waals surface area contributed by atoms with E-state index in [0.717, 1.165) is 6.20 Å². The zero-order valence-electron chi connectivity index (χ0n) is 18.9. The maximum Gasteiger partial charge on any atom is 0.289 e. The Labute approximate surface area is 197 Å². The first-order chi connectivity index (χ1) is 16.7. The van der Waals surface area contributed by atoms with Crippen molar-refractivity contribution in [2.45, 2.75) is 38.8 Å². The number of hydrogen-bond acceptors (Lipinski definition) is 5. The number of benzene rings is 1. The minimum absolute atomic E-state index is 0.00125. The number of pyridine rings is 2. The van der Waals surface area contributed by atoms with Gasteiger partial charge in [0.15, 0.2) is 0 Å². The maximum atomic E-state index is 14.2. The van der Waals surface area contributed by atoms with E-state index in [0.29, 0.717) is 39.8 Å². The Morgan fingerprint density at radius 2 is 1.89 bits per heavy atom. The number of morpholine rings is 1. The lowest BCUT2D eigenvalue weighted by atomic mass is 10.0. The van der Waals surface area contributed by atoms with Crippen molar-refractivity contribution in [2.24, 2.45) is 0 Å². The van der Waals surface area contributed by atoms with Gasteiger partial charge in [0.25, 0.3) is 24.2 Å². The number of hydrogen-bond donors (Lipinski definition) is 1. The van der Waals surface area contributed by atoms with Gasteiger partial charge in [-0.2, -0.15) is 5.10 Å². The lowest BCUT2D eigenvalue weighted by molar-refractivity contribution is -0.0587. The summed E-state index contributed by atoms with van der Waals surface area (Å²) in [5.74, 6) is -0.248. The molecule has 0 saturated carbocycles. The molecule has 182 valence electrons. The van der Waals surface area contributed by atoms with Crippen molar-refractivity contribution < 1.29 is 22.7 Å². The summed E-state index contributed by atoms with van der Waals surface area (Å²) in [4.78, 5) is 34.7. The van der Waals surface area contributed by atoms with Gasteiger partial charge in [-0.1, -0.05) is 18.2 Å². The minimum atomic E-state index is -3.30. The van der Waals surface area contributed by atoms with Crippen LogP contribution in [0.3, 0.4) is 0 Å². The number of aromatic amines is 1. The van der Waals surface area contributed by atoms with E-state index in [1.807, 2.05) is 13.8 Å². The van der Waals surface area contributed by atoms with Crippen molar-refractivity contribution in [3.05, 3.63) is 58.8 Å². The lowest BCUT2D eigenvalue weighted by Gasteiger charge is -2.35. The molecule has 1 aromatic carbocycles. The van der Waals surface area contributed by atoms with Crippen molar-refractivity contribution in [3.8, 4) is 11.1 Å². The predicted molar refractivity (Wildman–Crippen MR) is 123 cm³/mol. The largest absolute Gasteiger partial charge is 0.372 e. The van der Waals surface area contributed by atoms with Crippen LogP contribution < -0.4 is 5.56 Å². The monoisotopic (exact) mass is 485 g/mol. The molecule has 1 amide bonds. The van der Waals surface area contributed by atoms with Crippen molar-refractivity contribution in [1.82, 2.24) is 24.6 Å². The predicted octanol–water partition coefficient (Wildman–Crippen LogP) is 3.92. The van der Waals surface area contributed by atoms with E-state index in [9.17, 15) is 22.8 Å². The van der Waals surface area contributed by atoms with Gasteiger partial charge in [0, 0.05) is 30.2 Å². The highest BCUT2D eigenvalue weighted by Crippen LogP contribution is 2.31. The van der Waals surface area contributed by atoms with E-state index < -0.39 is 18.3 Å². The van der Waals surface area contributed by atoms with Crippen LogP contribution in [-0.4, -0.2) is 62.3 Å². The second kappa shape index (κ2) is 8.81. The van der Waals surface area contributed by atoms with Crippen LogP contribution in [0.1, 0.15) is 30.6 Å². The Morgan fingerprint density at radius 1 is 1.14 bits per heavy atom. The Morgan fingerprint density at radius 3 is 2.60 bits per heavy atom. The average Bonchev–Trinajstić information content (AvgIpc) is 3.28. The molecular formula is C24H22F3N5O3. The number of carbonyl (C=O) groups is 1. The molecule has 1 fully saturated rings. The molecule has 0 aliphatic carbocycles. The molecule has 0 bridgehead atoms. The molecule has 1 aliphatic rings. The number of carbonyl (C=O) groups excluding carboxylic acids is 1. The van der Waals surface area contributed by atoms with Crippen LogP contribution in [0, 0.1) is 0 Å². The van der Waals surface area contributed by atoms with E-state index >= 15 is 0 Å². The molecule has 0 spiro atoms. The Bertz CT molecular complexity index is 1470. The van der Waals surface area contributed by atoms with Crippen molar-refractivity contribution in [1.29, 1.82) is 0 Å². The molecule has 4 aromatic rings. The molecule has 0 radical (unpaired) electrons. The summed E-state index contributed by atoms with van der Waals surface area (Å²) in [7, 11) is 0. The molecule has 5 rings (SSSR count). The normalized spacial score (nSPS) is 19.5. The fourth-order valence-electron chi connectivity index (χ4n) is 4.60. The zero-order valence-corrected chi connectivity index (χ0v) is 18.9. The number of amides is 1. The third-order valence-corrected chi connectivity index (χ3v) is 6.03. The van der Waals surface area contributed by atoms with Gasteiger partial charge in [0.2, 0.25) is 0 Å². The molecule has 1 N–H and O–H groups in total. The highest BCUT2D eigenvalue weighted by atomic mass is 19.3. The van der Waals surface area contributed by atoms with E-state index in [4.69, 9.17) is 4.74 Å². The van der Waals surface area contributed by atoms with E-state index in [-0.39, 0.29) is 34.7 Å². The van der Waals surface area contributed by atoms with Gasteiger partial charge in [-0.05, 0) is 31.5 Å². The maximum absolute atomic E-state index is 14.2. The number of nitrogens with one attached hydrogen (secondary N) is 1. The topological polar surface area (TPSA) is 93.1 Å². The SMILES string of the molecule is C[C@@H]1CN(C(=O)c2ncccc2-c2ccc3c(c2)[nH]c(=O)c2cnn(C(F)C(F)F)c23)C[C@H](C)O1. The summed E-state index contributed by atoms with van der Waals surface area (Å²) in [5, 5.41) is 4.03. The smallest absolute Gasteiger partial charge is 0.289 e. The molecule has 3 aromatic heterocycles. The van der Waals surface area contributed by atoms with Crippen molar-refractivity contribution in [2.75, 3.05) is 13.1 Å². The number of H-pyrrole nitrogens is 1. The van der Waals surface area contributed by atoms with Gasteiger partial charge in [-0.3, -0.25) is 14.6 Å². The molecule has 35 heavy (non-hydrogen) atoms. The summed E-state index contributed by atoms with van der Waals surface area (Å²) < 4.78 is 46.5. The van der Waals surface area contributed by atoms with Crippen LogP contribution in [0.4, 0.5) is 13.2 Å².